The standard InChI is InChI=1S/C17H15N3O3/c21-20(22)12-5-3-11(4-6-12)16-13-7-8-18-17(13)14(10-19-16)15-2-1-9-23-15/h1-9,14,16,18-19H,10H2/t14-,16+/m1/s1. The molecule has 1 aliphatic rings. The average molecular weight is 309 g/mol. The predicted octanol–water partition coefficient (Wildman–Crippen LogP) is 3.34. The Balaban J connectivity index is 1.69. The second-order valence-electron chi connectivity index (χ2n) is 5.60. The number of nitrogens with zero attached hydrogens (tertiary/aromatic N) is 1. The van der Waals surface area contributed by atoms with Crippen molar-refractivity contribution < 1.29 is 9.34 Å². The zero-order valence-corrected chi connectivity index (χ0v) is 12.2. The number of furan rings is 1. The molecule has 3 heterocycles. The van der Waals surface area contributed by atoms with Crippen LogP contribution in [0, 0.1) is 10.1 Å². The highest BCUT2D eigenvalue weighted by molar-refractivity contribution is 5.43. The summed E-state index contributed by atoms with van der Waals surface area (Å²) in [6.07, 6.45) is 3.60. The Labute approximate surface area is 132 Å². The zero-order valence-electron chi connectivity index (χ0n) is 12.2. The number of aromatic amines is 1. The van der Waals surface area contributed by atoms with Crippen LogP contribution >= 0.6 is 0 Å². The molecule has 0 saturated carbocycles. The van der Waals surface area contributed by atoms with Crippen molar-refractivity contribution in [1.82, 2.24) is 10.3 Å². The van der Waals surface area contributed by atoms with E-state index >= 15 is 0 Å². The number of hydrogen-bond acceptors (Lipinski definition) is 4. The third-order valence-electron chi connectivity index (χ3n) is 4.32. The van der Waals surface area contributed by atoms with Crippen molar-refractivity contribution in [2.24, 2.45) is 0 Å². The molecule has 0 saturated heterocycles. The second-order valence-corrected chi connectivity index (χ2v) is 5.60. The maximum absolute atomic E-state index is 10.8. The third kappa shape index (κ3) is 2.33. The summed E-state index contributed by atoms with van der Waals surface area (Å²) in [6.45, 7) is 0.739. The first-order valence-corrected chi connectivity index (χ1v) is 7.42. The minimum atomic E-state index is -0.382. The van der Waals surface area contributed by atoms with Gasteiger partial charge in [0.2, 0.25) is 0 Å². The molecule has 0 unspecified atom stereocenters. The van der Waals surface area contributed by atoms with E-state index in [2.05, 4.69) is 10.3 Å². The molecule has 0 bridgehead atoms. The number of non-ortho nitro benzene ring substituents is 1. The van der Waals surface area contributed by atoms with E-state index in [9.17, 15) is 10.1 Å². The van der Waals surface area contributed by atoms with Crippen molar-refractivity contribution in [3.05, 3.63) is 87.6 Å². The lowest BCUT2D eigenvalue weighted by molar-refractivity contribution is -0.384. The Kier molecular flexibility index (Phi) is 3.24. The summed E-state index contributed by atoms with van der Waals surface area (Å²) < 4.78 is 5.55. The number of hydrogen-bond donors (Lipinski definition) is 2. The van der Waals surface area contributed by atoms with Crippen LogP contribution in [0.15, 0.2) is 59.3 Å². The van der Waals surface area contributed by atoms with Crippen LogP contribution in [-0.2, 0) is 0 Å². The van der Waals surface area contributed by atoms with Gasteiger partial charge in [-0.2, -0.15) is 0 Å². The molecule has 1 aromatic carbocycles. The highest BCUT2D eigenvalue weighted by atomic mass is 16.6. The van der Waals surface area contributed by atoms with E-state index < -0.39 is 0 Å². The summed E-state index contributed by atoms with van der Waals surface area (Å²) in [5.41, 5.74) is 3.38. The van der Waals surface area contributed by atoms with Gasteiger partial charge >= 0.3 is 0 Å². The van der Waals surface area contributed by atoms with Gasteiger partial charge in [0, 0.05) is 30.6 Å². The fourth-order valence-electron chi connectivity index (χ4n) is 3.21. The molecule has 6 nitrogen and oxygen atoms in total. The fourth-order valence-corrected chi connectivity index (χ4v) is 3.21. The molecule has 2 atom stereocenters. The Morgan fingerprint density at radius 3 is 2.70 bits per heavy atom. The molecule has 116 valence electrons. The molecular weight excluding hydrogens is 294 g/mol. The van der Waals surface area contributed by atoms with Gasteiger partial charge in [0.15, 0.2) is 0 Å². The molecule has 0 fully saturated rings. The maximum atomic E-state index is 10.8. The number of fused-ring (bicyclic) bond motifs is 1. The van der Waals surface area contributed by atoms with E-state index in [0.717, 1.165) is 29.1 Å². The van der Waals surface area contributed by atoms with Crippen LogP contribution in [0.3, 0.4) is 0 Å². The van der Waals surface area contributed by atoms with Gasteiger partial charge in [-0.3, -0.25) is 10.1 Å². The van der Waals surface area contributed by atoms with E-state index in [4.69, 9.17) is 4.42 Å². The van der Waals surface area contributed by atoms with Gasteiger partial charge < -0.3 is 14.7 Å². The summed E-state index contributed by atoms with van der Waals surface area (Å²) in [5, 5.41) is 14.3. The molecule has 6 heteroatoms. The lowest BCUT2D eigenvalue weighted by Crippen LogP contribution is -2.33. The van der Waals surface area contributed by atoms with Crippen LogP contribution < -0.4 is 5.32 Å². The lowest BCUT2D eigenvalue weighted by atomic mass is 9.88. The summed E-state index contributed by atoms with van der Waals surface area (Å²) in [5.74, 6) is 1.06. The number of aromatic nitrogens is 1. The summed E-state index contributed by atoms with van der Waals surface area (Å²) in [6, 6.07) is 12.6. The quantitative estimate of drug-likeness (QED) is 0.574. The SMILES string of the molecule is O=[N+]([O-])c1ccc([C@@H]2NC[C@H](c3ccco3)c3[nH]ccc32)cc1. The zero-order chi connectivity index (χ0) is 15.8. The first kappa shape index (κ1) is 13.8. The average Bonchev–Trinajstić information content (AvgIpc) is 3.25. The van der Waals surface area contributed by atoms with E-state index in [1.807, 2.05) is 24.4 Å². The monoisotopic (exact) mass is 309 g/mol. The third-order valence-corrected chi connectivity index (χ3v) is 4.32. The van der Waals surface area contributed by atoms with Crippen molar-refractivity contribution in [3.63, 3.8) is 0 Å². The number of nitrogens with one attached hydrogen (secondary N) is 2. The highest BCUT2D eigenvalue weighted by Gasteiger charge is 2.31. The first-order chi connectivity index (χ1) is 11.2. The van der Waals surface area contributed by atoms with Gasteiger partial charge in [-0.1, -0.05) is 12.1 Å². The van der Waals surface area contributed by atoms with Crippen molar-refractivity contribution in [2.75, 3.05) is 6.54 Å². The minimum Gasteiger partial charge on any atom is -0.469 e. The van der Waals surface area contributed by atoms with Crippen LogP contribution in [0.25, 0.3) is 0 Å². The molecule has 0 radical (unpaired) electrons. The fraction of sp³-hybridized carbons (Fsp3) is 0.176. The van der Waals surface area contributed by atoms with Gasteiger partial charge in [0.05, 0.1) is 23.1 Å². The molecule has 0 aliphatic carbocycles. The van der Waals surface area contributed by atoms with Crippen molar-refractivity contribution in [3.8, 4) is 0 Å². The topological polar surface area (TPSA) is 84.1 Å². The number of nitro groups is 1. The van der Waals surface area contributed by atoms with E-state index in [-0.39, 0.29) is 22.6 Å². The van der Waals surface area contributed by atoms with Crippen molar-refractivity contribution in [2.45, 2.75) is 12.0 Å². The largest absolute Gasteiger partial charge is 0.469 e. The van der Waals surface area contributed by atoms with Gasteiger partial charge in [-0.25, -0.2) is 0 Å². The highest BCUT2D eigenvalue weighted by Crippen LogP contribution is 2.36. The number of nitro benzene ring substituents is 1. The normalized spacial score (nSPS) is 20.2. The van der Waals surface area contributed by atoms with Gasteiger partial charge in [-0.05, 0) is 29.3 Å². The molecule has 2 N–H and O–H groups in total. The molecule has 23 heavy (non-hydrogen) atoms. The van der Waals surface area contributed by atoms with E-state index in [0.29, 0.717) is 0 Å². The smallest absolute Gasteiger partial charge is 0.269 e. The maximum Gasteiger partial charge on any atom is 0.269 e. The summed E-state index contributed by atoms with van der Waals surface area (Å²) >= 11 is 0. The molecule has 2 aromatic heterocycles. The van der Waals surface area contributed by atoms with Crippen LogP contribution in [0.1, 0.15) is 34.5 Å². The van der Waals surface area contributed by atoms with Crippen LogP contribution in [0.5, 0.6) is 0 Å². The molecule has 0 spiro atoms. The first-order valence-electron chi connectivity index (χ1n) is 7.42. The molecule has 0 amide bonds. The Morgan fingerprint density at radius 1 is 1.17 bits per heavy atom. The Morgan fingerprint density at radius 2 is 2.00 bits per heavy atom. The number of H-pyrrole nitrogens is 1. The molecule has 3 aromatic rings. The van der Waals surface area contributed by atoms with Gasteiger partial charge in [0.1, 0.15) is 5.76 Å². The Bertz CT molecular complexity index is 821. The van der Waals surface area contributed by atoms with Crippen molar-refractivity contribution in [1.29, 1.82) is 0 Å². The number of rotatable bonds is 3. The van der Waals surface area contributed by atoms with Gasteiger partial charge in [0.25, 0.3) is 5.69 Å². The molecular formula is C17H15N3O3. The van der Waals surface area contributed by atoms with Crippen LogP contribution in [0.4, 0.5) is 5.69 Å². The summed E-state index contributed by atoms with van der Waals surface area (Å²) in [7, 11) is 0. The summed E-state index contributed by atoms with van der Waals surface area (Å²) in [4.78, 5) is 13.7. The molecule has 4 rings (SSSR count). The van der Waals surface area contributed by atoms with E-state index in [1.165, 1.54) is 0 Å². The minimum absolute atomic E-state index is 0.0169. The van der Waals surface area contributed by atoms with Crippen LogP contribution in [-0.4, -0.2) is 16.5 Å². The van der Waals surface area contributed by atoms with E-state index in [1.54, 1.807) is 30.5 Å². The predicted molar refractivity (Wildman–Crippen MR) is 84.3 cm³/mol. The Hall–Kier alpha value is -2.86. The van der Waals surface area contributed by atoms with Crippen LogP contribution in [0.2, 0.25) is 0 Å². The van der Waals surface area contributed by atoms with Gasteiger partial charge in [-0.15, -0.1) is 0 Å². The number of benzene rings is 1. The van der Waals surface area contributed by atoms with Crippen molar-refractivity contribution >= 4 is 5.69 Å². The lowest BCUT2D eigenvalue weighted by Gasteiger charge is -2.29. The second kappa shape index (κ2) is 5.40. The molecule has 1 aliphatic heterocycles.